The van der Waals surface area contributed by atoms with Gasteiger partial charge in [0.1, 0.15) is 5.75 Å². The van der Waals surface area contributed by atoms with E-state index in [9.17, 15) is 4.79 Å². The van der Waals surface area contributed by atoms with Crippen molar-refractivity contribution in [3.63, 3.8) is 0 Å². The number of ether oxygens (including phenoxy) is 1. The van der Waals surface area contributed by atoms with Crippen LogP contribution in [0, 0.1) is 0 Å². The zero-order chi connectivity index (χ0) is 21.0. The Morgan fingerprint density at radius 1 is 0.935 bits per heavy atom. The Kier molecular flexibility index (Phi) is 4.74. The lowest BCUT2D eigenvalue weighted by molar-refractivity contribution is 0.101. The van der Waals surface area contributed by atoms with Crippen LogP contribution in [0.1, 0.15) is 10.5 Å². The molecule has 0 fully saturated rings. The minimum Gasteiger partial charge on any atom is -0.461 e. The van der Waals surface area contributed by atoms with Crippen molar-refractivity contribution in [2.45, 2.75) is 0 Å². The SMILES string of the molecule is O=C(Nc1ccc(Oc2ccc(-n3cccc3)nn2)cc1)c1cc(-c2ccco2)on1. The molecular formula is C22H15N5O4. The summed E-state index contributed by atoms with van der Waals surface area (Å²) in [4.78, 5) is 12.4. The van der Waals surface area contributed by atoms with Gasteiger partial charge in [-0.2, -0.15) is 0 Å². The molecule has 1 amide bonds. The first-order valence-electron chi connectivity index (χ1n) is 9.31. The molecule has 4 aromatic heterocycles. The van der Waals surface area contributed by atoms with Gasteiger partial charge < -0.3 is 23.6 Å². The summed E-state index contributed by atoms with van der Waals surface area (Å²) >= 11 is 0. The average Bonchev–Trinajstić information content (AvgIpc) is 3.58. The number of nitrogens with one attached hydrogen (secondary N) is 1. The molecule has 1 N–H and O–H groups in total. The quantitative estimate of drug-likeness (QED) is 0.435. The van der Waals surface area contributed by atoms with E-state index in [1.807, 2.05) is 35.2 Å². The van der Waals surface area contributed by atoms with Gasteiger partial charge in [0, 0.05) is 30.2 Å². The van der Waals surface area contributed by atoms with Crippen LogP contribution >= 0.6 is 0 Å². The van der Waals surface area contributed by atoms with E-state index in [0.717, 1.165) is 0 Å². The molecule has 0 spiro atoms. The van der Waals surface area contributed by atoms with Crippen molar-refractivity contribution in [1.82, 2.24) is 19.9 Å². The smallest absolute Gasteiger partial charge is 0.277 e. The van der Waals surface area contributed by atoms with Gasteiger partial charge in [-0.25, -0.2) is 0 Å². The summed E-state index contributed by atoms with van der Waals surface area (Å²) in [6, 6.07) is 19.2. The third-order valence-electron chi connectivity index (χ3n) is 4.34. The molecule has 1 aromatic carbocycles. The number of nitrogens with zero attached hydrogens (tertiary/aromatic N) is 4. The largest absolute Gasteiger partial charge is 0.461 e. The van der Waals surface area contributed by atoms with Crippen LogP contribution in [0.2, 0.25) is 0 Å². The van der Waals surface area contributed by atoms with E-state index in [4.69, 9.17) is 13.7 Å². The number of hydrogen-bond acceptors (Lipinski definition) is 7. The third kappa shape index (κ3) is 4.06. The molecule has 0 aliphatic heterocycles. The minimum atomic E-state index is -0.401. The van der Waals surface area contributed by atoms with Gasteiger partial charge in [0.2, 0.25) is 11.6 Å². The summed E-state index contributed by atoms with van der Waals surface area (Å²) in [5, 5.41) is 14.7. The summed E-state index contributed by atoms with van der Waals surface area (Å²) in [5.74, 6) is 2.09. The van der Waals surface area contributed by atoms with Crippen LogP contribution in [0.5, 0.6) is 11.6 Å². The molecule has 0 atom stereocenters. The van der Waals surface area contributed by atoms with E-state index < -0.39 is 5.91 Å². The highest BCUT2D eigenvalue weighted by Crippen LogP contribution is 2.23. The molecule has 9 nitrogen and oxygen atoms in total. The molecule has 0 saturated heterocycles. The highest BCUT2D eigenvalue weighted by Gasteiger charge is 2.15. The van der Waals surface area contributed by atoms with Crippen LogP contribution in [0.15, 0.2) is 94.3 Å². The Morgan fingerprint density at radius 2 is 1.77 bits per heavy atom. The molecule has 5 aromatic rings. The van der Waals surface area contributed by atoms with Crippen molar-refractivity contribution >= 4 is 11.6 Å². The van der Waals surface area contributed by atoms with Gasteiger partial charge in [-0.05, 0) is 54.6 Å². The number of rotatable bonds is 6. The van der Waals surface area contributed by atoms with Crippen LogP contribution in [-0.4, -0.2) is 25.8 Å². The van der Waals surface area contributed by atoms with Crippen LogP contribution < -0.4 is 10.1 Å². The number of aromatic nitrogens is 4. The Hall–Kier alpha value is -4.66. The van der Waals surface area contributed by atoms with Crippen molar-refractivity contribution in [1.29, 1.82) is 0 Å². The fourth-order valence-electron chi connectivity index (χ4n) is 2.83. The molecular weight excluding hydrogens is 398 g/mol. The number of hydrogen-bond donors (Lipinski definition) is 1. The first-order chi connectivity index (χ1) is 15.2. The van der Waals surface area contributed by atoms with Gasteiger partial charge in [0.25, 0.3) is 5.91 Å². The molecule has 9 heteroatoms. The number of benzene rings is 1. The van der Waals surface area contributed by atoms with E-state index in [2.05, 4.69) is 20.7 Å². The molecule has 31 heavy (non-hydrogen) atoms. The van der Waals surface area contributed by atoms with E-state index in [1.165, 1.54) is 12.3 Å². The van der Waals surface area contributed by atoms with Gasteiger partial charge >= 0.3 is 0 Å². The first kappa shape index (κ1) is 18.4. The Morgan fingerprint density at radius 3 is 2.48 bits per heavy atom. The molecule has 0 bridgehead atoms. The van der Waals surface area contributed by atoms with Crippen LogP contribution in [0.3, 0.4) is 0 Å². The zero-order valence-corrected chi connectivity index (χ0v) is 16.0. The lowest BCUT2D eigenvalue weighted by Gasteiger charge is -2.07. The maximum absolute atomic E-state index is 12.4. The fourth-order valence-corrected chi connectivity index (χ4v) is 2.83. The molecule has 0 aliphatic carbocycles. The monoisotopic (exact) mass is 413 g/mol. The number of carbonyl (C=O) groups excluding carboxylic acids is 1. The predicted molar refractivity (Wildman–Crippen MR) is 110 cm³/mol. The van der Waals surface area contributed by atoms with Crippen molar-refractivity contribution in [2.24, 2.45) is 0 Å². The predicted octanol–water partition coefficient (Wildman–Crippen LogP) is 4.56. The number of amides is 1. The fraction of sp³-hybridized carbons (Fsp3) is 0. The van der Waals surface area contributed by atoms with Crippen molar-refractivity contribution in [2.75, 3.05) is 5.32 Å². The molecule has 152 valence electrons. The summed E-state index contributed by atoms with van der Waals surface area (Å²) in [5.41, 5.74) is 0.721. The standard InChI is InChI=1S/C22H15N5O4/c28-22(17-14-19(31-26-17)18-4-3-13-29-18)23-15-5-7-16(8-6-15)30-21-10-9-20(24-25-21)27-11-1-2-12-27/h1-14H,(H,23,28). The lowest BCUT2D eigenvalue weighted by Crippen LogP contribution is -2.11. The Labute approximate surface area is 175 Å². The molecule has 0 radical (unpaired) electrons. The first-order valence-corrected chi connectivity index (χ1v) is 9.31. The summed E-state index contributed by atoms with van der Waals surface area (Å²) in [6.07, 6.45) is 5.28. The van der Waals surface area contributed by atoms with Crippen LogP contribution in [-0.2, 0) is 0 Å². The maximum Gasteiger partial charge on any atom is 0.277 e. The number of anilines is 1. The summed E-state index contributed by atoms with van der Waals surface area (Å²) < 4.78 is 17.9. The Balaban J connectivity index is 1.21. The second-order valence-corrected chi connectivity index (χ2v) is 6.45. The summed E-state index contributed by atoms with van der Waals surface area (Å²) in [7, 11) is 0. The van der Waals surface area contributed by atoms with Crippen LogP contribution in [0.4, 0.5) is 5.69 Å². The molecule has 0 saturated carbocycles. The van der Waals surface area contributed by atoms with Gasteiger partial charge in [0.15, 0.2) is 17.3 Å². The average molecular weight is 413 g/mol. The normalized spacial score (nSPS) is 10.7. The third-order valence-corrected chi connectivity index (χ3v) is 4.34. The van der Waals surface area contributed by atoms with E-state index in [1.54, 1.807) is 42.5 Å². The highest BCUT2D eigenvalue weighted by molar-refractivity contribution is 6.03. The van der Waals surface area contributed by atoms with E-state index >= 15 is 0 Å². The topological polar surface area (TPSA) is 108 Å². The second-order valence-electron chi connectivity index (χ2n) is 6.45. The van der Waals surface area contributed by atoms with Gasteiger partial charge in [-0.15, -0.1) is 10.2 Å². The molecule has 0 aliphatic rings. The number of furan rings is 1. The van der Waals surface area contributed by atoms with E-state index in [0.29, 0.717) is 34.7 Å². The van der Waals surface area contributed by atoms with Crippen molar-refractivity contribution in [3.05, 3.63) is 91.1 Å². The maximum atomic E-state index is 12.4. The Bertz CT molecular complexity index is 1270. The number of carbonyl (C=O) groups is 1. The second kappa shape index (κ2) is 7.99. The van der Waals surface area contributed by atoms with Crippen molar-refractivity contribution in [3.8, 4) is 29.0 Å². The molecule has 4 heterocycles. The van der Waals surface area contributed by atoms with Crippen molar-refractivity contribution < 1.29 is 18.5 Å². The zero-order valence-electron chi connectivity index (χ0n) is 16.0. The van der Waals surface area contributed by atoms with Gasteiger partial charge in [0.05, 0.1) is 6.26 Å². The minimum absolute atomic E-state index is 0.143. The van der Waals surface area contributed by atoms with Gasteiger partial charge in [-0.1, -0.05) is 5.16 Å². The summed E-state index contributed by atoms with van der Waals surface area (Å²) in [6.45, 7) is 0. The van der Waals surface area contributed by atoms with Gasteiger partial charge in [-0.3, -0.25) is 4.79 Å². The van der Waals surface area contributed by atoms with Crippen LogP contribution in [0.25, 0.3) is 17.3 Å². The van der Waals surface area contributed by atoms with E-state index in [-0.39, 0.29) is 5.69 Å². The highest BCUT2D eigenvalue weighted by atomic mass is 16.5. The molecule has 0 unspecified atom stereocenters. The lowest BCUT2D eigenvalue weighted by atomic mass is 10.2. The molecule has 5 rings (SSSR count).